The Morgan fingerprint density at radius 3 is 2.31 bits per heavy atom. The van der Waals surface area contributed by atoms with Gasteiger partial charge in [0, 0.05) is 43.8 Å². The van der Waals surface area contributed by atoms with Crippen LogP contribution in [-0.2, 0) is 38.1 Å². The number of ketones is 1. The molecule has 2 heterocycles. The molecule has 5 aliphatic rings. The van der Waals surface area contributed by atoms with Crippen LogP contribution in [0.1, 0.15) is 80.6 Å². The van der Waals surface area contributed by atoms with Gasteiger partial charge in [-0.1, -0.05) is 45.8 Å². The van der Waals surface area contributed by atoms with Gasteiger partial charge < -0.3 is 19.3 Å². The monoisotopic (exact) mass is 667 g/mol. The second-order valence-electron chi connectivity index (χ2n) is 13.5. The van der Waals surface area contributed by atoms with Crippen LogP contribution in [0.15, 0.2) is 11.1 Å². The van der Waals surface area contributed by atoms with Gasteiger partial charge in [-0.05, 0) is 33.1 Å². The van der Waals surface area contributed by atoms with Crippen molar-refractivity contribution >= 4 is 21.9 Å². The molecule has 2 unspecified atom stereocenters. The van der Waals surface area contributed by atoms with Crippen LogP contribution < -0.4 is 0 Å². The number of aliphatic hydroxyl groups is 1. The largest absolute Gasteiger partial charge is 0.523 e. The van der Waals surface area contributed by atoms with E-state index < -0.39 is 79.9 Å². The van der Waals surface area contributed by atoms with Gasteiger partial charge in [-0.3, -0.25) is 18.7 Å². The van der Waals surface area contributed by atoms with E-state index in [0.717, 1.165) is 5.57 Å². The smallest absolute Gasteiger partial charge is 0.453 e. The second-order valence-corrected chi connectivity index (χ2v) is 15.1. The van der Waals surface area contributed by atoms with Gasteiger partial charge in [0.2, 0.25) is 0 Å². The summed E-state index contributed by atoms with van der Waals surface area (Å²) in [4.78, 5) is 30.0. The number of allylic oxidation sites excluding steroid dienone is 1. The number of esters is 1. The topological polar surface area (TPSA) is 129 Å². The highest BCUT2D eigenvalue weighted by molar-refractivity contribution is 7.87. The number of carbonyl (C=O) groups is 2. The van der Waals surface area contributed by atoms with Crippen LogP contribution in [0.4, 0.5) is 13.2 Å². The van der Waals surface area contributed by atoms with Crippen molar-refractivity contribution < 1.29 is 54.7 Å². The Kier molecular flexibility index (Phi) is 10.0. The maximum Gasteiger partial charge on any atom is 0.523 e. The van der Waals surface area contributed by atoms with Gasteiger partial charge in [0.05, 0.1) is 42.9 Å². The quantitative estimate of drug-likeness (QED) is 0.191. The van der Waals surface area contributed by atoms with Crippen molar-refractivity contribution in [3.8, 4) is 0 Å². The number of hydrogen-bond donors (Lipinski definition) is 1. The van der Waals surface area contributed by atoms with E-state index >= 15 is 4.79 Å². The summed E-state index contributed by atoms with van der Waals surface area (Å²) in [5, 5.41) is 12.5. The first-order chi connectivity index (χ1) is 20.8. The zero-order chi connectivity index (χ0) is 33.8. The van der Waals surface area contributed by atoms with Crippen molar-refractivity contribution in [1.82, 2.24) is 4.90 Å². The predicted molar refractivity (Wildman–Crippen MR) is 157 cm³/mol. The van der Waals surface area contributed by atoms with Gasteiger partial charge in [-0.25, -0.2) is 0 Å². The summed E-state index contributed by atoms with van der Waals surface area (Å²) in [6, 6.07) is 0. The van der Waals surface area contributed by atoms with Gasteiger partial charge in [0.25, 0.3) is 0 Å². The number of rotatable bonds is 6. The summed E-state index contributed by atoms with van der Waals surface area (Å²) in [5.74, 6) is -3.08. The summed E-state index contributed by atoms with van der Waals surface area (Å²) < 4.78 is 88.1. The third-order valence-electron chi connectivity index (χ3n) is 11.1. The van der Waals surface area contributed by atoms with Gasteiger partial charge in [-0.15, -0.1) is 0 Å². The predicted octanol–water partition coefficient (Wildman–Crippen LogP) is 4.15. The van der Waals surface area contributed by atoms with E-state index in [0.29, 0.717) is 44.7 Å². The summed E-state index contributed by atoms with van der Waals surface area (Å²) >= 11 is 0. The molecule has 2 saturated heterocycles. The van der Waals surface area contributed by atoms with Gasteiger partial charge >= 0.3 is 21.6 Å². The van der Waals surface area contributed by atoms with Crippen LogP contribution >= 0.6 is 0 Å². The SMILES string of the molecule is CC.CCC(=O)O[C@@]12CO[C@@H]1C[C@H](OS(=O)(=O)C(F)(F)F)[C@@]1(C)C(=O)C(CN3CCOCC3)C3=C(C)CC[C@@](O)(CC12)C3(C)C. The molecule has 0 amide bonds. The molecule has 0 aromatic rings. The van der Waals surface area contributed by atoms with E-state index in [-0.39, 0.29) is 26.0 Å². The van der Waals surface area contributed by atoms with Crippen molar-refractivity contribution in [3.05, 3.63) is 11.1 Å². The van der Waals surface area contributed by atoms with Crippen LogP contribution in [0.2, 0.25) is 0 Å². The molecule has 10 nitrogen and oxygen atoms in total. The lowest BCUT2D eigenvalue weighted by Crippen LogP contribution is -2.77. The lowest BCUT2D eigenvalue weighted by atomic mass is 9.45. The molecule has 45 heavy (non-hydrogen) atoms. The minimum Gasteiger partial charge on any atom is -0.453 e. The Morgan fingerprint density at radius 1 is 1.16 bits per heavy atom. The number of morpholine rings is 1. The zero-order valence-electron chi connectivity index (χ0n) is 27.3. The van der Waals surface area contributed by atoms with Crippen molar-refractivity contribution in [2.75, 3.05) is 39.5 Å². The first-order valence-electron chi connectivity index (χ1n) is 15.9. The van der Waals surface area contributed by atoms with Crippen LogP contribution in [0.25, 0.3) is 0 Å². The van der Waals surface area contributed by atoms with Crippen molar-refractivity contribution in [2.45, 2.75) is 109 Å². The maximum absolute atomic E-state index is 15.2. The van der Waals surface area contributed by atoms with E-state index in [1.54, 1.807) is 6.92 Å². The number of Topliss-reactive ketones (excluding diaryl/α,β-unsaturated/α-hetero) is 1. The Morgan fingerprint density at radius 2 is 1.78 bits per heavy atom. The molecule has 1 N–H and O–H groups in total. The molecule has 2 bridgehead atoms. The van der Waals surface area contributed by atoms with E-state index in [1.807, 2.05) is 39.5 Å². The first-order valence-corrected chi connectivity index (χ1v) is 17.3. The summed E-state index contributed by atoms with van der Waals surface area (Å²) in [6.07, 6.45) is -2.57. The lowest BCUT2D eigenvalue weighted by Gasteiger charge is -2.66. The van der Waals surface area contributed by atoms with E-state index in [9.17, 15) is 31.5 Å². The standard InChI is InChI=1S/C29H42F3NO9S.C2H6/c1-6-22(34)41-28-16-40-21(28)13-20(42-43(37,38)29(30,31)32)26(5)19(28)14-27(36)8-7-17(2)23(25(27,3)4)18(24(26)35)15-33-9-11-39-12-10-33;1-2/h18-21,36H,6-16H2,1-5H3;1-2H3/t18?,19?,20-,21+,26-,27+,28+;/m0./s1. The van der Waals surface area contributed by atoms with Crippen LogP contribution in [0.3, 0.4) is 0 Å². The number of carbonyl (C=O) groups excluding carboxylic acids is 2. The van der Waals surface area contributed by atoms with E-state index in [4.69, 9.17) is 18.4 Å². The number of halogens is 3. The van der Waals surface area contributed by atoms with Gasteiger partial charge in [0.15, 0.2) is 5.60 Å². The molecule has 5 rings (SSSR count). The van der Waals surface area contributed by atoms with Gasteiger partial charge in [-0.2, -0.15) is 21.6 Å². The minimum absolute atomic E-state index is 0.00424. The number of hydrogen-bond acceptors (Lipinski definition) is 10. The highest BCUT2D eigenvalue weighted by atomic mass is 32.2. The minimum atomic E-state index is -6.12. The Bertz CT molecular complexity index is 1300. The molecule has 0 radical (unpaired) electrons. The lowest BCUT2D eigenvalue weighted by molar-refractivity contribution is -0.325. The Labute approximate surface area is 264 Å². The molecular weight excluding hydrogens is 619 g/mol. The van der Waals surface area contributed by atoms with Crippen molar-refractivity contribution in [1.29, 1.82) is 0 Å². The van der Waals surface area contributed by atoms with Crippen LogP contribution in [0.5, 0.6) is 0 Å². The summed E-state index contributed by atoms with van der Waals surface area (Å²) in [5.41, 5.74) is -9.87. The molecule has 0 aromatic heterocycles. The fraction of sp³-hybridized carbons (Fsp3) is 0.871. The normalized spacial score (nSPS) is 38.4. The number of fused-ring (bicyclic) bond motifs is 5. The van der Waals surface area contributed by atoms with Gasteiger partial charge in [0.1, 0.15) is 11.9 Å². The molecule has 3 aliphatic carbocycles. The molecule has 0 aromatic carbocycles. The second kappa shape index (κ2) is 12.5. The molecule has 258 valence electrons. The fourth-order valence-corrected chi connectivity index (χ4v) is 9.11. The van der Waals surface area contributed by atoms with Crippen molar-refractivity contribution in [2.24, 2.45) is 22.7 Å². The average Bonchev–Trinajstić information content (AvgIpc) is 2.97. The number of alkyl halides is 3. The molecular formula is C31H48F3NO9S. The summed E-state index contributed by atoms with van der Waals surface area (Å²) in [6.45, 7) is 14.7. The Hall–Kier alpha value is -1.58. The third kappa shape index (κ3) is 5.79. The zero-order valence-corrected chi connectivity index (χ0v) is 28.1. The number of ether oxygens (including phenoxy) is 3. The highest BCUT2D eigenvalue weighted by Gasteiger charge is 2.74. The molecule has 7 atom stereocenters. The maximum atomic E-state index is 15.2. The molecule has 4 fully saturated rings. The van der Waals surface area contributed by atoms with Crippen molar-refractivity contribution in [3.63, 3.8) is 0 Å². The third-order valence-corrected chi connectivity index (χ3v) is 12.1. The van der Waals surface area contributed by atoms with Crippen LogP contribution in [0, 0.1) is 22.7 Å². The summed E-state index contributed by atoms with van der Waals surface area (Å²) in [7, 11) is -6.12. The Balaban J connectivity index is 0.00000226. The molecule has 2 saturated carbocycles. The van der Waals surface area contributed by atoms with E-state index in [1.165, 1.54) is 6.92 Å². The first kappa shape index (κ1) is 36.3. The average molecular weight is 668 g/mol. The molecule has 2 aliphatic heterocycles. The van der Waals surface area contributed by atoms with Crippen LogP contribution in [-0.4, -0.2) is 98.6 Å². The molecule has 14 heteroatoms. The molecule has 0 spiro atoms. The highest BCUT2D eigenvalue weighted by Crippen LogP contribution is 2.64. The number of nitrogens with zero attached hydrogens (tertiary/aromatic N) is 1. The van der Waals surface area contributed by atoms with E-state index in [2.05, 4.69) is 0 Å². The fourth-order valence-electron chi connectivity index (χ4n) is 8.42.